The second-order valence-electron chi connectivity index (χ2n) is 18.0. The van der Waals surface area contributed by atoms with Gasteiger partial charge in [0, 0.05) is 23.6 Å². The van der Waals surface area contributed by atoms with Crippen LogP contribution in [-0.4, -0.2) is 34.7 Å². The lowest BCUT2D eigenvalue weighted by Crippen LogP contribution is -2.13. The molecule has 1 aliphatic rings. The molecular formula is C39H60N2O2. The summed E-state index contributed by atoms with van der Waals surface area (Å²) in [5.41, 5.74) is 6.63. The van der Waals surface area contributed by atoms with Crippen LogP contribution in [0.5, 0.6) is 11.5 Å². The molecule has 238 valence electrons. The first-order chi connectivity index (χ1) is 19.6. The van der Waals surface area contributed by atoms with Gasteiger partial charge in [0.05, 0.1) is 12.1 Å². The van der Waals surface area contributed by atoms with Crippen molar-refractivity contribution in [1.29, 1.82) is 0 Å². The molecule has 1 aliphatic carbocycles. The Morgan fingerprint density at radius 2 is 0.884 bits per heavy atom. The molecule has 2 aromatic rings. The van der Waals surface area contributed by atoms with Crippen molar-refractivity contribution in [3.63, 3.8) is 0 Å². The Labute approximate surface area is 263 Å². The average molecular weight is 589 g/mol. The van der Waals surface area contributed by atoms with Crippen molar-refractivity contribution in [2.24, 2.45) is 31.6 Å². The van der Waals surface area contributed by atoms with Gasteiger partial charge in [-0.15, -0.1) is 0 Å². The fourth-order valence-electron chi connectivity index (χ4n) is 6.19. The first-order valence-corrected chi connectivity index (χ1v) is 16.3. The summed E-state index contributed by atoms with van der Waals surface area (Å²) in [6.45, 7) is 26.8. The van der Waals surface area contributed by atoms with Gasteiger partial charge in [-0.25, -0.2) is 0 Å². The first kappa shape index (κ1) is 34.9. The highest BCUT2D eigenvalue weighted by atomic mass is 16.3. The van der Waals surface area contributed by atoms with Gasteiger partial charge < -0.3 is 10.2 Å². The molecule has 2 atom stereocenters. The number of hydrogen-bond donors (Lipinski definition) is 2. The molecule has 0 bridgehead atoms. The van der Waals surface area contributed by atoms with Gasteiger partial charge in [-0.05, 0) is 101 Å². The Balaban J connectivity index is 1.80. The number of rotatable bonds is 8. The summed E-state index contributed by atoms with van der Waals surface area (Å²) in [5.74, 6) is 0.723. The summed E-state index contributed by atoms with van der Waals surface area (Å²) in [7, 11) is 0. The van der Waals surface area contributed by atoms with Crippen LogP contribution in [0.2, 0.25) is 0 Å². The van der Waals surface area contributed by atoms with Crippen LogP contribution >= 0.6 is 0 Å². The quantitative estimate of drug-likeness (QED) is 0.301. The molecule has 2 aromatic carbocycles. The third-order valence-corrected chi connectivity index (χ3v) is 7.69. The minimum absolute atomic E-state index is 0.0805. The van der Waals surface area contributed by atoms with Crippen molar-refractivity contribution in [2.45, 2.75) is 140 Å². The molecule has 4 nitrogen and oxygen atoms in total. The molecule has 1 saturated carbocycles. The lowest BCUT2D eigenvalue weighted by Gasteiger charge is -2.23. The fourth-order valence-corrected chi connectivity index (χ4v) is 6.19. The molecule has 1 fully saturated rings. The predicted octanol–water partition coefficient (Wildman–Crippen LogP) is 9.91. The lowest BCUT2D eigenvalue weighted by molar-refractivity contribution is 0.391. The molecule has 2 unspecified atom stereocenters. The smallest absolute Gasteiger partial charge is 0.127 e. The summed E-state index contributed by atoms with van der Waals surface area (Å²) < 4.78 is 0. The zero-order valence-electron chi connectivity index (χ0n) is 29.4. The van der Waals surface area contributed by atoms with E-state index in [4.69, 9.17) is 9.98 Å². The van der Waals surface area contributed by atoms with Crippen LogP contribution in [0, 0.1) is 21.7 Å². The molecule has 3 rings (SSSR count). The highest BCUT2D eigenvalue weighted by Crippen LogP contribution is 2.35. The summed E-state index contributed by atoms with van der Waals surface area (Å²) in [5, 5.41) is 22.4. The molecule has 0 saturated heterocycles. The van der Waals surface area contributed by atoms with Crippen LogP contribution in [0.25, 0.3) is 0 Å². The van der Waals surface area contributed by atoms with Crippen molar-refractivity contribution in [2.75, 3.05) is 0 Å². The number of hydrogen-bond acceptors (Lipinski definition) is 4. The number of nitrogens with zero attached hydrogens (tertiary/aromatic N) is 2. The van der Waals surface area contributed by atoms with E-state index < -0.39 is 0 Å². The zero-order chi connectivity index (χ0) is 32.4. The average Bonchev–Trinajstić information content (AvgIpc) is 3.25. The molecule has 2 N–H and O–H groups in total. The van der Waals surface area contributed by atoms with Gasteiger partial charge in [0.15, 0.2) is 0 Å². The molecule has 0 aliphatic heterocycles. The lowest BCUT2D eigenvalue weighted by atomic mass is 9.83. The Hall–Kier alpha value is -2.62. The molecule has 43 heavy (non-hydrogen) atoms. The summed E-state index contributed by atoms with van der Waals surface area (Å²) in [6.07, 6.45) is 10.2. The highest BCUT2D eigenvalue weighted by Gasteiger charge is 2.25. The molecule has 0 radical (unpaired) electrons. The number of aromatic hydroxyl groups is 2. The fraction of sp³-hybridized carbons (Fsp3) is 0.641. The van der Waals surface area contributed by atoms with Crippen LogP contribution in [0.1, 0.15) is 136 Å². The maximum Gasteiger partial charge on any atom is 0.127 e. The van der Waals surface area contributed by atoms with E-state index in [1.807, 2.05) is 12.4 Å². The Bertz CT molecular complexity index is 1210. The number of aliphatic imine (C=N–C) groups is 2. The van der Waals surface area contributed by atoms with Gasteiger partial charge in [0.25, 0.3) is 0 Å². The number of phenols is 2. The van der Waals surface area contributed by atoms with Gasteiger partial charge in [-0.2, -0.15) is 0 Å². The molecule has 0 heterocycles. The minimum atomic E-state index is 0.0805. The summed E-state index contributed by atoms with van der Waals surface area (Å²) in [6, 6.07) is 8.95. The summed E-state index contributed by atoms with van der Waals surface area (Å²) >= 11 is 0. The Morgan fingerprint density at radius 1 is 0.558 bits per heavy atom. The molecular weight excluding hydrogens is 528 g/mol. The van der Waals surface area contributed by atoms with Crippen molar-refractivity contribution in [3.05, 3.63) is 57.6 Å². The molecule has 0 aromatic heterocycles. The first-order valence-electron chi connectivity index (χ1n) is 16.3. The standard InChI is InChI=1S/C39H60N2O2/c1-36(2,3)20-26-15-28(22-38(7,8)9)34(42)30(17-26)24-40-32-13-14-33(19-32)41-25-31-18-27(21-37(4,5)6)16-29(35(31)43)23-39(10,11)12/h15-18,24-25,32-33,42-43H,13-14,19-23H2,1-12H3. The second-order valence-corrected chi connectivity index (χ2v) is 18.0. The molecule has 4 heteroatoms. The van der Waals surface area contributed by atoms with Gasteiger partial charge in [0.1, 0.15) is 11.5 Å². The van der Waals surface area contributed by atoms with Gasteiger partial charge in [-0.3, -0.25) is 9.98 Å². The second kappa shape index (κ2) is 13.2. The third kappa shape index (κ3) is 11.8. The number of benzene rings is 2. The van der Waals surface area contributed by atoms with Gasteiger partial charge in [0.2, 0.25) is 0 Å². The Kier molecular flexibility index (Phi) is 10.7. The largest absolute Gasteiger partial charge is 0.507 e. The van der Waals surface area contributed by atoms with Crippen LogP contribution in [0.15, 0.2) is 34.3 Å². The van der Waals surface area contributed by atoms with E-state index >= 15 is 0 Å². The van der Waals surface area contributed by atoms with Gasteiger partial charge >= 0.3 is 0 Å². The van der Waals surface area contributed by atoms with E-state index in [0.717, 1.165) is 67.2 Å². The van der Waals surface area contributed by atoms with Crippen LogP contribution in [0.3, 0.4) is 0 Å². The Morgan fingerprint density at radius 3 is 1.19 bits per heavy atom. The SMILES string of the molecule is CC(C)(C)Cc1cc(C=NC2CCC(N=Cc3cc(CC(C)(C)C)cc(CC(C)(C)C)c3O)C2)c(O)c(CC(C)(C)C)c1. The topological polar surface area (TPSA) is 65.2 Å². The van der Waals surface area contributed by atoms with Crippen molar-refractivity contribution >= 4 is 12.4 Å². The van der Waals surface area contributed by atoms with E-state index in [1.165, 1.54) is 11.1 Å². The maximum absolute atomic E-state index is 11.2. The van der Waals surface area contributed by atoms with E-state index in [0.29, 0.717) is 11.5 Å². The highest BCUT2D eigenvalue weighted by molar-refractivity contribution is 5.85. The third-order valence-electron chi connectivity index (χ3n) is 7.69. The van der Waals surface area contributed by atoms with E-state index in [9.17, 15) is 10.2 Å². The van der Waals surface area contributed by atoms with Crippen molar-refractivity contribution in [3.8, 4) is 11.5 Å². The summed E-state index contributed by atoms with van der Waals surface area (Å²) in [4.78, 5) is 9.91. The monoisotopic (exact) mass is 588 g/mol. The minimum Gasteiger partial charge on any atom is -0.507 e. The van der Waals surface area contributed by atoms with Crippen molar-refractivity contribution in [1.82, 2.24) is 0 Å². The maximum atomic E-state index is 11.2. The van der Waals surface area contributed by atoms with E-state index in [2.05, 4.69) is 107 Å². The van der Waals surface area contributed by atoms with E-state index in [-0.39, 0.29) is 33.7 Å². The van der Waals surface area contributed by atoms with E-state index in [1.54, 1.807) is 0 Å². The zero-order valence-corrected chi connectivity index (χ0v) is 29.4. The van der Waals surface area contributed by atoms with Crippen LogP contribution in [-0.2, 0) is 25.7 Å². The normalized spacial score (nSPS) is 18.8. The van der Waals surface area contributed by atoms with Gasteiger partial charge in [-0.1, -0.05) is 95.2 Å². The number of phenolic OH excluding ortho intramolecular Hbond substituents is 2. The molecule has 0 spiro atoms. The van der Waals surface area contributed by atoms with Crippen LogP contribution < -0.4 is 0 Å². The molecule has 0 amide bonds. The predicted molar refractivity (Wildman–Crippen MR) is 185 cm³/mol. The van der Waals surface area contributed by atoms with Crippen LogP contribution in [0.4, 0.5) is 0 Å². The van der Waals surface area contributed by atoms with Crippen molar-refractivity contribution < 1.29 is 10.2 Å².